The van der Waals surface area contributed by atoms with Crippen LogP contribution >= 0.6 is 15.9 Å². The average Bonchev–Trinajstić information content (AvgIpc) is 2.42. The van der Waals surface area contributed by atoms with E-state index in [1.807, 2.05) is 24.3 Å². The van der Waals surface area contributed by atoms with Crippen LogP contribution in [0.1, 0.15) is 26.2 Å². The number of hydrogen-bond acceptors (Lipinski definition) is 3. The Labute approximate surface area is 128 Å². The Balaban J connectivity index is 2.17. The van der Waals surface area contributed by atoms with Gasteiger partial charge < -0.3 is 14.7 Å². The summed E-state index contributed by atoms with van der Waals surface area (Å²) in [7, 11) is 1.76. The summed E-state index contributed by atoms with van der Waals surface area (Å²) < 4.78 is 6.57. The summed E-state index contributed by atoms with van der Waals surface area (Å²) in [6, 6.07) is 7.62. The maximum atomic E-state index is 11.8. The molecule has 1 atom stereocenters. The van der Waals surface area contributed by atoms with Crippen molar-refractivity contribution in [2.45, 2.75) is 32.3 Å². The number of aliphatic hydroxyl groups is 1. The van der Waals surface area contributed by atoms with Crippen LogP contribution in [0.15, 0.2) is 28.7 Å². The Morgan fingerprint density at radius 1 is 1.40 bits per heavy atom. The molecular formula is C15H22BrNO3. The number of halogens is 1. The van der Waals surface area contributed by atoms with E-state index in [2.05, 4.69) is 15.9 Å². The van der Waals surface area contributed by atoms with E-state index in [9.17, 15) is 9.90 Å². The molecular weight excluding hydrogens is 322 g/mol. The summed E-state index contributed by atoms with van der Waals surface area (Å²) in [5.41, 5.74) is 0. The van der Waals surface area contributed by atoms with Crippen molar-refractivity contribution in [1.29, 1.82) is 0 Å². The standard InChI is InChI=1S/C15H22BrNO3/c1-12(18)9-10-17(2)15(19)4-3-11-20-14-7-5-13(16)6-8-14/h5-8,12,18H,3-4,9-11H2,1-2H3. The lowest BCUT2D eigenvalue weighted by molar-refractivity contribution is -0.130. The van der Waals surface area contributed by atoms with E-state index in [-0.39, 0.29) is 12.0 Å². The van der Waals surface area contributed by atoms with Crippen molar-refractivity contribution in [3.8, 4) is 5.75 Å². The molecule has 1 aromatic rings. The minimum Gasteiger partial charge on any atom is -0.494 e. The first kappa shape index (κ1) is 17.0. The topological polar surface area (TPSA) is 49.8 Å². The fourth-order valence-electron chi connectivity index (χ4n) is 1.64. The van der Waals surface area contributed by atoms with Gasteiger partial charge in [-0.2, -0.15) is 0 Å². The van der Waals surface area contributed by atoms with E-state index in [4.69, 9.17) is 4.74 Å². The first-order valence-electron chi connectivity index (χ1n) is 6.79. The molecule has 1 aromatic carbocycles. The molecule has 0 saturated carbocycles. The van der Waals surface area contributed by atoms with Gasteiger partial charge in [-0.3, -0.25) is 4.79 Å². The number of ether oxygens (including phenoxy) is 1. The first-order chi connectivity index (χ1) is 9.49. The molecule has 0 aliphatic rings. The van der Waals surface area contributed by atoms with Gasteiger partial charge in [0.2, 0.25) is 5.91 Å². The zero-order valence-electron chi connectivity index (χ0n) is 12.0. The number of aliphatic hydroxyl groups excluding tert-OH is 1. The van der Waals surface area contributed by atoms with E-state index >= 15 is 0 Å². The van der Waals surface area contributed by atoms with Gasteiger partial charge in [0.05, 0.1) is 12.7 Å². The fraction of sp³-hybridized carbons (Fsp3) is 0.533. The molecule has 0 saturated heterocycles. The van der Waals surface area contributed by atoms with Gasteiger partial charge >= 0.3 is 0 Å². The molecule has 4 nitrogen and oxygen atoms in total. The third-order valence-corrected chi connectivity index (χ3v) is 3.45. The molecule has 0 aromatic heterocycles. The van der Waals surface area contributed by atoms with Crippen LogP contribution in [0.3, 0.4) is 0 Å². The number of carbonyl (C=O) groups excluding carboxylic acids is 1. The largest absolute Gasteiger partial charge is 0.494 e. The number of carbonyl (C=O) groups is 1. The molecule has 0 aliphatic heterocycles. The fourth-order valence-corrected chi connectivity index (χ4v) is 1.90. The molecule has 1 unspecified atom stereocenters. The van der Waals surface area contributed by atoms with Crippen LogP contribution in [-0.4, -0.2) is 42.2 Å². The first-order valence-corrected chi connectivity index (χ1v) is 7.58. The van der Waals surface area contributed by atoms with Gasteiger partial charge in [0, 0.05) is 24.5 Å². The van der Waals surface area contributed by atoms with Crippen LogP contribution in [0.5, 0.6) is 5.75 Å². The highest BCUT2D eigenvalue weighted by atomic mass is 79.9. The highest BCUT2D eigenvalue weighted by Gasteiger charge is 2.09. The second-order valence-electron chi connectivity index (χ2n) is 4.86. The molecule has 0 spiro atoms. The smallest absolute Gasteiger partial charge is 0.222 e. The van der Waals surface area contributed by atoms with E-state index in [0.29, 0.717) is 32.4 Å². The summed E-state index contributed by atoms with van der Waals surface area (Å²) >= 11 is 3.36. The second kappa shape index (κ2) is 8.97. The normalized spacial score (nSPS) is 12.0. The van der Waals surface area contributed by atoms with Crippen LogP contribution in [0.4, 0.5) is 0 Å². The predicted octanol–water partition coefficient (Wildman–Crippen LogP) is 2.84. The summed E-state index contributed by atoms with van der Waals surface area (Å²) in [6.07, 6.45) is 1.39. The minimum atomic E-state index is -0.369. The highest BCUT2D eigenvalue weighted by molar-refractivity contribution is 9.10. The summed E-state index contributed by atoms with van der Waals surface area (Å²) in [4.78, 5) is 13.5. The van der Waals surface area contributed by atoms with Crippen molar-refractivity contribution in [2.75, 3.05) is 20.2 Å². The molecule has 0 fully saturated rings. The van der Waals surface area contributed by atoms with Gasteiger partial charge in [-0.1, -0.05) is 15.9 Å². The lowest BCUT2D eigenvalue weighted by atomic mass is 10.2. The number of hydrogen-bond donors (Lipinski definition) is 1. The van der Waals surface area contributed by atoms with E-state index in [1.54, 1.807) is 18.9 Å². The Morgan fingerprint density at radius 2 is 2.05 bits per heavy atom. The van der Waals surface area contributed by atoms with Crippen LogP contribution < -0.4 is 4.74 Å². The van der Waals surface area contributed by atoms with Crippen LogP contribution in [0.2, 0.25) is 0 Å². The number of benzene rings is 1. The summed E-state index contributed by atoms with van der Waals surface area (Å²) in [5, 5.41) is 9.18. The lowest BCUT2D eigenvalue weighted by Crippen LogP contribution is -2.29. The Morgan fingerprint density at radius 3 is 2.65 bits per heavy atom. The van der Waals surface area contributed by atoms with Gasteiger partial charge in [0.25, 0.3) is 0 Å². The maximum absolute atomic E-state index is 11.8. The van der Waals surface area contributed by atoms with Crippen molar-refractivity contribution in [3.05, 3.63) is 28.7 Å². The van der Waals surface area contributed by atoms with Gasteiger partial charge in [0.1, 0.15) is 5.75 Å². The van der Waals surface area contributed by atoms with Crippen molar-refractivity contribution >= 4 is 21.8 Å². The van der Waals surface area contributed by atoms with Gasteiger partial charge in [0.15, 0.2) is 0 Å². The van der Waals surface area contributed by atoms with Crippen molar-refractivity contribution in [1.82, 2.24) is 4.90 Å². The van der Waals surface area contributed by atoms with Crippen molar-refractivity contribution in [3.63, 3.8) is 0 Å². The molecule has 1 rings (SSSR count). The number of rotatable bonds is 8. The maximum Gasteiger partial charge on any atom is 0.222 e. The predicted molar refractivity (Wildman–Crippen MR) is 82.8 cm³/mol. The van der Waals surface area contributed by atoms with Crippen LogP contribution in [0, 0.1) is 0 Å². The summed E-state index contributed by atoms with van der Waals surface area (Å²) in [6.45, 7) is 2.84. The van der Waals surface area contributed by atoms with Crippen LogP contribution in [-0.2, 0) is 4.79 Å². The average molecular weight is 344 g/mol. The molecule has 0 radical (unpaired) electrons. The monoisotopic (exact) mass is 343 g/mol. The third-order valence-electron chi connectivity index (χ3n) is 2.93. The molecule has 0 bridgehead atoms. The molecule has 1 amide bonds. The molecule has 1 N–H and O–H groups in total. The Bertz CT molecular complexity index is 406. The molecule has 112 valence electrons. The summed E-state index contributed by atoms with van der Waals surface area (Å²) in [5.74, 6) is 0.896. The third kappa shape index (κ3) is 6.91. The molecule has 5 heteroatoms. The van der Waals surface area contributed by atoms with E-state index in [1.165, 1.54) is 0 Å². The van der Waals surface area contributed by atoms with Gasteiger partial charge in [-0.05, 0) is 44.0 Å². The number of nitrogens with zero attached hydrogens (tertiary/aromatic N) is 1. The quantitative estimate of drug-likeness (QED) is 0.738. The van der Waals surface area contributed by atoms with E-state index < -0.39 is 0 Å². The van der Waals surface area contributed by atoms with Crippen molar-refractivity contribution in [2.24, 2.45) is 0 Å². The zero-order valence-corrected chi connectivity index (χ0v) is 13.6. The zero-order chi connectivity index (χ0) is 15.0. The SMILES string of the molecule is CC(O)CCN(C)C(=O)CCCOc1ccc(Br)cc1. The van der Waals surface area contributed by atoms with Gasteiger partial charge in [-0.15, -0.1) is 0 Å². The van der Waals surface area contributed by atoms with E-state index in [0.717, 1.165) is 10.2 Å². The molecule has 0 heterocycles. The Hall–Kier alpha value is -1.07. The lowest BCUT2D eigenvalue weighted by Gasteiger charge is -2.18. The van der Waals surface area contributed by atoms with Crippen molar-refractivity contribution < 1.29 is 14.6 Å². The Kier molecular flexibility index (Phi) is 7.62. The second-order valence-corrected chi connectivity index (χ2v) is 5.77. The number of amides is 1. The molecule has 0 aliphatic carbocycles. The molecule has 20 heavy (non-hydrogen) atoms. The minimum absolute atomic E-state index is 0.0880. The van der Waals surface area contributed by atoms with Crippen LogP contribution in [0.25, 0.3) is 0 Å². The highest BCUT2D eigenvalue weighted by Crippen LogP contribution is 2.16. The van der Waals surface area contributed by atoms with Gasteiger partial charge in [-0.25, -0.2) is 0 Å².